The van der Waals surface area contributed by atoms with E-state index in [0.29, 0.717) is 31.2 Å². The molecule has 0 aromatic carbocycles. The van der Waals surface area contributed by atoms with E-state index < -0.39 is 0 Å². The summed E-state index contributed by atoms with van der Waals surface area (Å²) in [5, 5.41) is 0. The number of ether oxygens (including phenoxy) is 2. The number of carbonyl (C=O) groups is 1. The van der Waals surface area contributed by atoms with Crippen molar-refractivity contribution in [1.82, 2.24) is 9.88 Å². The Balaban J connectivity index is 2.11. The van der Waals surface area contributed by atoms with Gasteiger partial charge >= 0.3 is 0 Å². The summed E-state index contributed by atoms with van der Waals surface area (Å²) in [6.07, 6.45) is 2.62. The molecule has 1 fully saturated rings. The molecule has 0 aliphatic carbocycles. The normalized spacial score (nSPS) is 20.6. The number of hydrogen-bond acceptors (Lipinski definition) is 4. The number of carbonyl (C=O) groups excluding carboxylic acids is 1. The zero-order valence-corrected chi connectivity index (χ0v) is 12.3. The zero-order chi connectivity index (χ0) is 14.5. The molecule has 0 spiro atoms. The summed E-state index contributed by atoms with van der Waals surface area (Å²) in [7, 11) is 0. The Morgan fingerprint density at radius 2 is 2.45 bits per heavy atom. The van der Waals surface area contributed by atoms with Crippen LogP contribution in [0.15, 0.2) is 18.3 Å². The Kier molecular flexibility index (Phi) is 4.95. The highest BCUT2D eigenvalue weighted by Crippen LogP contribution is 2.16. The van der Waals surface area contributed by atoms with Gasteiger partial charge in [-0.05, 0) is 26.3 Å². The summed E-state index contributed by atoms with van der Waals surface area (Å²) in [6.45, 7) is 7.85. The van der Waals surface area contributed by atoms with Crippen LogP contribution in [-0.2, 0) is 4.74 Å². The molecular formula is C15H22N2O3. The van der Waals surface area contributed by atoms with Crippen molar-refractivity contribution >= 4 is 5.91 Å². The maximum absolute atomic E-state index is 12.5. The van der Waals surface area contributed by atoms with E-state index in [0.717, 1.165) is 6.42 Å². The number of amides is 1. The molecule has 2 heterocycles. The Morgan fingerprint density at radius 1 is 1.65 bits per heavy atom. The van der Waals surface area contributed by atoms with E-state index in [1.165, 1.54) is 0 Å². The first-order valence-corrected chi connectivity index (χ1v) is 7.13. The maximum atomic E-state index is 12.5. The van der Waals surface area contributed by atoms with Gasteiger partial charge < -0.3 is 14.4 Å². The summed E-state index contributed by atoms with van der Waals surface area (Å²) in [5.41, 5.74) is 0.618. The Hall–Kier alpha value is -1.62. The van der Waals surface area contributed by atoms with Crippen LogP contribution in [0.5, 0.6) is 5.88 Å². The van der Waals surface area contributed by atoms with Crippen LogP contribution in [0.4, 0.5) is 0 Å². The Bertz CT molecular complexity index is 464. The van der Waals surface area contributed by atoms with E-state index in [2.05, 4.69) is 11.9 Å². The molecule has 1 amide bonds. The van der Waals surface area contributed by atoms with Gasteiger partial charge in [0.05, 0.1) is 25.4 Å². The topological polar surface area (TPSA) is 51.7 Å². The van der Waals surface area contributed by atoms with Gasteiger partial charge in [-0.2, -0.15) is 0 Å². The second-order valence-electron chi connectivity index (χ2n) is 5.14. The molecule has 0 bridgehead atoms. The molecule has 20 heavy (non-hydrogen) atoms. The lowest BCUT2D eigenvalue weighted by molar-refractivity contribution is 0.00356. The van der Waals surface area contributed by atoms with Crippen LogP contribution in [-0.4, -0.2) is 47.7 Å². The van der Waals surface area contributed by atoms with Gasteiger partial charge in [0.1, 0.15) is 0 Å². The number of pyridine rings is 1. The number of aromatic nitrogens is 1. The van der Waals surface area contributed by atoms with E-state index in [4.69, 9.17) is 9.47 Å². The second kappa shape index (κ2) is 6.70. The Labute approximate surface area is 119 Å². The molecule has 5 heteroatoms. The molecule has 1 aliphatic heterocycles. The second-order valence-corrected chi connectivity index (χ2v) is 5.14. The van der Waals surface area contributed by atoms with Gasteiger partial charge in [-0.1, -0.05) is 6.92 Å². The van der Waals surface area contributed by atoms with Gasteiger partial charge in [0.2, 0.25) is 5.88 Å². The van der Waals surface area contributed by atoms with Crippen LogP contribution in [0.3, 0.4) is 0 Å². The third-order valence-corrected chi connectivity index (χ3v) is 3.51. The van der Waals surface area contributed by atoms with Crippen LogP contribution < -0.4 is 4.74 Å². The van der Waals surface area contributed by atoms with Crippen molar-refractivity contribution in [2.75, 3.05) is 19.8 Å². The first kappa shape index (κ1) is 14.8. The predicted octanol–water partition coefficient (Wildman–Crippen LogP) is 2.12. The van der Waals surface area contributed by atoms with E-state index in [9.17, 15) is 4.79 Å². The quantitative estimate of drug-likeness (QED) is 0.846. The van der Waals surface area contributed by atoms with E-state index in [1.54, 1.807) is 18.3 Å². The zero-order valence-electron chi connectivity index (χ0n) is 12.3. The van der Waals surface area contributed by atoms with Gasteiger partial charge in [-0.25, -0.2) is 4.98 Å². The van der Waals surface area contributed by atoms with Crippen LogP contribution in [0.1, 0.15) is 37.6 Å². The third kappa shape index (κ3) is 3.48. The molecule has 2 rings (SSSR count). The van der Waals surface area contributed by atoms with Crippen molar-refractivity contribution in [3.63, 3.8) is 0 Å². The summed E-state index contributed by atoms with van der Waals surface area (Å²) in [6, 6.07) is 3.55. The van der Waals surface area contributed by atoms with E-state index in [-0.39, 0.29) is 18.1 Å². The van der Waals surface area contributed by atoms with Crippen molar-refractivity contribution in [3.05, 3.63) is 23.9 Å². The largest absolute Gasteiger partial charge is 0.475 e. The molecule has 1 saturated heterocycles. The van der Waals surface area contributed by atoms with Crippen molar-refractivity contribution in [3.8, 4) is 5.88 Å². The SMILES string of the molecule is CCC(C)Oc1cc(C(=O)N2CCOCC2C)ccn1. The van der Waals surface area contributed by atoms with Gasteiger partial charge in [0, 0.05) is 24.4 Å². The molecule has 1 aromatic rings. The summed E-state index contributed by atoms with van der Waals surface area (Å²) in [5.74, 6) is 0.517. The lowest BCUT2D eigenvalue weighted by atomic mass is 10.2. The molecule has 2 atom stereocenters. The monoisotopic (exact) mass is 278 g/mol. The first-order chi connectivity index (χ1) is 9.61. The highest BCUT2D eigenvalue weighted by Gasteiger charge is 2.25. The minimum absolute atomic E-state index is 0.0113. The van der Waals surface area contributed by atoms with Crippen LogP contribution in [0.25, 0.3) is 0 Å². The number of nitrogens with zero attached hydrogens (tertiary/aromatic N) is 2. The molecular weight excluding hydrogens is 256 g/mol. The highest BCUT2D eigenvalue weighted by molar-refractivity contribution is 5.94. The highest BCUT2D eigenvalue weighted by atomic mass is 16.5. The summed E-state index contributed by atoms with van der Waals surface area (Å²) < 4.78 is 11.0. The van der Waals surface area contributed by atoms with Crippen molar-refractivity contribution in [2.45, 2.75) is 39.3 Å². The van der Waals surface area contributed by atoms with E-state index in [1.807, 2.05) is 18.7 Å². The molecule has 1 aromatic heterocycles. The Morgan fingerprint density at radius 3 is 3.15 bits per heavy atom. The van der Waals surface area contributed by atoms with Crippen LogP contribution in [0, 0.1) is 0 Å². The molecule has 5 nitrogen and oxygen atoms in total. The van der Waals surface area contributed by atoms with Crippen molar-refractivity contribution in [2.24, 2.45) is 0 Å². The van der Waals surface area contributed by atoms with Crippen molar-refractivity contribution in [1.29, 1.82) is 0 Å². The minimum Gasteiger partial charge on any atom is -0.475 e. The molecule has 2 unspecified atom stereocenters. The fourth-order valence-electron chi connectivity index (χ4n) is 2.09. The average Bonchev–Trinajstić information content (AvgIpc) is 2.47. The fraction of sp³-hybridized carbons (Fsp3) is 0.600. The van der Waals surface area contributed by atoms with Gasteiger partial charge in [0.25, 0.3) is 5.91 Å². The third-order valence-electron chi connectivity index (χ3n) is 3.51. The minimum atomic E-state index is 0.0113. The first-order valence-electron chi connectivity index (χ1n) is 7.13. The maximum Gasteiger partial charge on any atom is 0.254 e. The van der Waals surface area contributed by atoms with Gasteiger partial charge in [-0.3, -0.25) is 4.79 Å². The number of rotatable bonds is 4. The molecule has 0 radical (unpaired) electrons. The van der Waals surface area contributed by atoms with Gasteiger partial charge in [-0.15, -0.1) is 0 Å². The lowest BCUT2D eigenvalue weighted by Gasteiger charge is -2.33. The lowest BCUT2D eigenvalue weighted by Crippen LogP contribution is -2.47. The number of morpholine rings is 1. The van der Waals surface area contributed by atoms with Crippen LogP contribution in [0.2, 0.25) is 0 Å². The molecule has 1 aliphatic rings. The van der Waals surface area contributed by atoms with Crippen molar-refractivity contribution < 1.29 is 14.3 Å². The summed E-state index contributed by atoms with van der Waals surface area (Å²) in [4.78, 5) is 18.5. The predicted molar refractivity (Wildman–Crippen MR) is 75.9 cm³/mol. The smallest absolute Gasteiger partial charge is 0.254 e. The molecule has 0 saturated carbocycles. The average molecular weight is 278 g/mol. The summed E-state index contributed by atoms with van der Waals surface area (Å²) >= 11 is 0. The standard InChI is InChI=1S/C15H22N2O3/c1-4-12(3)20-14-9-13(5-6-16-14)15(18)17-7-8-19-10-11(17)2/h5-6,9,11-12H,4,7-8,10H2,1-3H3. The van der Waals surface area contributed by atoms with E-state index >= 15 is 0 Å². The number of hydrogen-bond donors (Lipinski definition) is 0. The molecule has 110 valence electrons. The molecule has 0 N–H and O–H groups in total. The van der Waals surface area contributed by atoms with Crippen LogP contribution >= 0.6 is 0 Å². The van der Waals surface area contributed by atoms with Gasteiger partial charge in [0.15, 0.2) is 0 Å². The fourth-order valence-corrected chi connectivity index (χ4v) is 2.09.